The molecular weight excluding hydrogens is 212 g/mol. The zero-order chi connectivity index (χ0) is 12.3. The predicted octanol–water partition coefficient (Wildman–Crippen LogP) is 2.93. The highest BCUT2D eigenvalue weighted by molar-refractivity contribution is 5.19. The van der Waals surface area contributed by atoms with E-state index in [0.717, 1.165) is 18.7 Å². The molecule has 0 radical (unpaired) electrons. The Morgan fingerprint density at radius 3 is 2.47 bits per heavy atom. The van der Waals surface area contributed by atoms with E-state index in [4.69, 9.17) is 10.2 Å². The van der Waals surface area contributed by atoms with Crippen LogP contribution in [0.5, 0.6) is 0 Å². The van der Waals surface area contributed by atoms with Gasteiger partial charge >= 0.3 is 0 Å². The SMILES string of the molecule is CCN(CC)C1(C(N)c2ccoc2)CCCC1. The first-order valence-electron chi connectivity index (χ1n) is 6.77. The van der Waals surface area contributed by atoms with Crippen molar-refractivity contribution in [2.45, 2.75) is 51.1 Å². The van der Waals surface area contributed by atoms with Gasteiger partial charge in [0.25, 0.3) is 0 Å². The highest BCUT2D eigenvalue weighted by Gasteiger charge is 2.44. The summed E-state index contributed by atoms with van der Waals surface area (Å²) in [4.78, 5) is 2.54. The molecule has 2 N–H and O–H groups in total. The third-order valence-corrected chi connectivity index (χ3v) is 4.34. The molecule has 2 rings (SSSR count). The van der Waals surface area contributed by atoms with E-state index in [-0.39, 0.29) is 11.6 Å². The standard InChI is InChI=1S/C14H24N2O/c1-3-16(4-2)14(8-5-6-9-14)13(15)12-7-10-17-11-12/h7,10-11,13H,3-6,8-9,15H2,1-2H3. The average molecular weight is 236 g/mol. The van der Waals surface area contributed by atoms with E-state index in [1.54, 1.807) is 12.5 Å². The zero-order valence-corrected chi connectivity index (χ0v) is 11.0. The molecule has 96 valence electrons. The fourth-order valence-electron chi connectivity index (χ4n) is 3.43. The molecule has 0 aromatic carbocycles. The summed E-state index contributed by atoms with van der Waals surface area (Å²) >= 11 is 0. The second-order valence-corrected chi connectivity index (χ2v) is 5.02. The second-order valence-electron chi connectivity index (χ2n) is 5.02. The smallest absolute Gasteiger partial charge is 0.0951 e. The lowest BCUT2D eigenvalue weighted by Gasteiger charge is -2.44. The normalized spacial score (nSPS) is 20.9. The maximum atomic E-state index is 6.53. The summed E-state index contributed by atoms with van der Waals surface area (Å²) in [6.07, 6.45) is 8.53. The minimum atomic E-state index is 0.0728. The molecule has 1 aromatic heterocycles. The first-order chi connectivity index (χ1) is 8.24. The molecule has 0 saturated heterocycles. The van der Waals surface area contributed by atoms with E-state index >= 15 is 0 Å². The van der Waals surface area contributed by atoms with Crippen molar-refractivity contribution in [3.63, 3.8) is 0 Å². The van der Waals surface area contributed by atoms with Crippen LogP contribution in [0.15, 0.2) is 23.0 Å². The summed E-state index contributed by atoms with van der Waals surface area (Å²) in [5.74, 6) is 0. The quantitative estimate of drug-likeness (QED) is 0.854. The van der Waals surface area contributed by atoms with Crippen molar-refractivity contribution in [1.82, 2.24) is 4.90 Å². The van der Waals surface area contributed by atoms with Gasteiger partial charge in [-0.2, -0.15) is 0 Å². The van der Waals surface area contributed by atoms with E-state index in [9.17, 15) is 0 Å². The van der Waals surface area contributed by atoms with Gasteiger partial charge in [-0.15, -0.1) is 0 Å². The molecule has 17 heavy (non-hydrogen) atoms. The Bertz CT molecular complexity index is 324. The van der Waals surface area contributed by atoms with Gasteiger partial charge in [0.1, 0.15) is 0 Å². The molecule has 1 aromatic rings. The number of furan rings is 1. The minimum absolute atomic E-state index is 0.0728. The monoisotopic (exact) mass is 236 g/mol. The van der Waals surface area contributed by atoms with Crippen molar-refractivity contribution in [2.24, 2.45) is 5.73 Å². The molecule has 0 aliphatic heterocycles. The first-order valence-corrected chi connectivity index (χ1v) is 6.77. The molecule has 1 unspecified atom stereocenters. The fourth-order valence-corrected chi connectivity index (χ4v) is 3.43. The third-order valence-electron chi connectivity index (χ3n) is 4.34. The van der Waals surface area contributed by atoms with Crippen LogP contribution in [0.25, 0.3) is 0 Å². The van der Waals surface area contributed by atoms with E-state index in [2.05, 4.69) is 18.7 Å². The number of hydrogen-bond donors (Lipinski definition) is 1. The molecule has 3 nitrogen and oxygen atoms in total. The number of nitrogens with two attached hydrogens (primary N) is 1. The van der Waals surface area contributed by atoms with Gasteiger partial charge in [0.15, 0.2) is 0 Å². The van der Waals surface area contributed by atoms with Crippen LogP contribution in [0.2, 0.25) is 0 Å². The molecule has 0 amide bonds. The summed E-state index contributed by atoms with van der Waals surface area (Å²) < 4.78 is 5.19. The maximum Gasteiger partial charge on any atom is 0.0951 e. The highest BCUT2D eigenvalue weighted by atomic mass is 16.3. The summed E-state index contributed by atoms with van der Waals surface area (Å²) in [5, 5.41) is 0. The maximum absolute atomic E-state index is 6.53. The Kier molecular flexibility index (Phi) is 3.89. The summed E-state index contributed by atoms with van der Waals surface area (Å²) in [5.41, 5.74) is 7.81. The zero-order valence-electron chi connectivity index (χ0n) is 11.0. The Morgan fingerprint density at radius 1 is 1.35 bits per heavy atom. The van der Waals surface area contributed by atoms with Crippen LogP contribution >= 0.6 is 0 Å². The third kappa shape index (κ3) is 2.14. The predicted molar refractivity (Wildman–Crippen MR) is 69.8 cm³/mol. The van der Waals surface area contributed by atoms with E-state index < -0.39 is 0 Å². The summed E-state index contributed by atoms with van der Waals surface area (Å²) in [6, 6.07) is 2.08. The lowest BCUT2D eigenvalue weighted by Crippen LogP contribution is -2.53. The van der Waals surface area contributed by atoms with Gasteiger partial charge in [-0.25, -0.2) is 0 Å². The van der Waals surface area contributed by atoms with Crippen LogP contribution in [0.1, 0.15) is 51.1 Å². The Balaban J connectivity index is 2.27. The molecular formula is C14H24N2O. The molecule has 1 saturated carbocycles. The van der Waals surface area contributed by atoms with E-state index in [0.29, 0.717) is 0 Å². The van der Waals surface area contributed by atoms with Gasteiger partial charge in [-0.05, 0) is 32.0 Å². The number of likely N-dealkylation sites (N-methyl/N-ethyl adjacent to an activating group) is 1. The van der Waals surface area contributed by atoms with Crippen LogP contribution in [0, 0.1) is 0 Å². The van der Waals surface area contributed by atoms with Crippen LogP contribution in [0.3, 0.4) is 0 Å². The first kappa shape index (κ1) is 12.7. The van der Waals surface area contributed by atoms with E-state index in [1.165, 1.54) is 25.7 Å². The lowest BCUT2D eigenvalue weighted by molar-refractivity contribution is 0.0768. The van der Waals surface area contributed by atoms with Gasteiger partial charge < -0.3 is 10.2 Å². The van der Waals surface area contributed by atoms with Crippen molar-refractivity contribution in [3.8, 4) is 0 Å². The molecule has 0 bridgehead atoms. The molecule has 3 heteroatoms. The highest BCUT2D eigenvalue weighted by Crippen LogP contribution is 2.43. The largest absolute Gasteiger partial charge is 0.472 e. The van der Waals surface area contributed by atoms with Gasteiger partial charge in [-0.3, -0.25) is 4.90 Å². The molecule has 1 heterocycles. The van der Waals surface area contributed by atoms with Crippen molar-refractivity contribution >= 4 is 0 Å². The number of nitrogens with zero attached hydrogens (tertiary/aromatic N) is 1. The van der Waals surface area contributed by atoms with Crippen molar-refractivity contribution in [3.05, 3.63) is 24.2 Å². The Morgan fingerprint density at radius 2 is 2.00 bits per heavy atom. The van der Waals surface area contributed by atoms with Crippen LogP contribution < -0.4 is 5.73 Å². The molecule has 1 aliphatic carbocycles. The van der Waals surface area contributed by atoms with Gasteiger partial charge in [0, 0.05) is 11.1 Å². The average Bonchev–Trinajstić information content (AvgIpc) is 3.02. The number of rotatable bonds is 5. The van der Waals surface area contributed by atoms with Gasteiger partial charge in [0.05, 0.1) is 18.6 Å². The van der Waals surface area contributed by atoms with Crippen molar-refractivity contribution < 1.29 is 4.42 Å². The minimum Gasteiger partial charge on any atom is -0.472 e. The van der Waals surface area contributed by atoms with Crippen LogP contribution in [-0.4, -0.2) is 23.5 Å². The fraction of sp³-hybridized carbons (Fsp3) is 0.714. The molecule has 1 fully saturated rings. The van der Waals surface area contributed by atoms with E-state index in [1.807, 2.05) is 6.07 Å². The van der Waals surface area contributed by atoms with Crippen LogP contribution in [0.4, 0.5) is 0 Å². The lowest BCUT2D eigenvalue weighted by atomic mass is 9.83. The molecule has 1 aliphatic rings. The van der Waals surface area contributed by atoms with Crippen LogP contribution in [-0.2, 0) is 0 Å². The van der Waals surface area contributed by atoms with Crippen molar-refractivity contribution in [2.75, 3.05) is 13.1 Å². The molecule has 0 spiro atoms. The number of hydrogen-bond acceptors (Lipinski definition) is 3. The molecule has 1 atom stereocenters. The second kappa shape index (κ2) is 5.23. The van der Waals surface area contributed by atoms with Gasteiger partial charge in [-0.1, -0.05) is 26.7 Å². The van der Waals surface area contributed by atoms with Gasteiger partial charge in [0.2, 0.25) is 0 Å². The Hall–Kier alpha value is -0.800. The summed E-state index contributed by atoms with van der Waals surface area (Å²) in [7, 11) is 0. The van der Waals surface area contributed by atoms with Crippen molar-refractivity contribution in [1.29, 1.82) is 0 Å². The topological polar surface area (TPSA) is 42.4 Å². The summed E-state index contributed by atoms with van der Waals surface area (Å²) in [6.45, 7) is 6.60. The Labute approximate surface area is 104 Å².